The fourth-order valence-corrected chi connectivity index (χ4v) is 1.31. The van der Waals surface area contributed by atoms with Crippen molar-refractivity contribution in [3.05, 3.63) is 33.8 Å². The van der Waals surface area contributed by atoms with Crippen LogP contribution in [0.2, 0.25) is 10.0 Å². The van der Waals surface area contributed by atoms with Crippen molar-refractivity contribution >= 4 is 57.9 Å². The molecule has 0 radical (unpaired) electrons. The number of rotatable bonds is 1. The third-order valence-electron chi connectivity index (χ3n) is 1.15. The predicted molar refractivity (Wildman–Crippen MR) is 54.0 cm³/mol. The first kappa shape index (κ1) is 11.9. The van der Waals surface area contributed by atoms with Gasteiger partial charge < -0.3 is 2.85 Å². The van der Waals surface area contributed by atoms with Crippen molar-refractivity contribution in [3.8, 4) is 0 Å². The molecule has 0 saturated heterocycles. The molecule has 0 N–H and O–H groups in total. The second kappa shape index (κ2) is 5.49. The summed E-state index contributed by atoms with van der Waals surface area (Å²) in [6.07, 6.45) is 0. The fourth-order valence-electron chi connectivity index (χ4n) is 0.646. The van der Waals surface area contributed by atoms with Crippen LogP contribution in [0.1, 0.15) is 8.42 Å². The zero-order valence-corrected chi connectivity index (χ0v) is 9.46. The number of alkyl halides is 1. The molecule has 0 nitrogen and oxygen atoms in total. The van der Waals surface area contributed by atoms with Gasteiger partial charge in [0.25, 0.3) is 0 Å². The second-order valence-electron chi connectivity index (χ2n) is 1.87. The molecule has 0 spiro atoms. The minimum absolute atomic E-state index is 0. The second-order valence-corrected chi connectivity index (χ2v) is 2.98. The minimum Gasteiger partial charge on any atom is -1.00 e. The summed E-state index contributed by atoms with van der Waals surface area (Å²) >= 11 is 17.0. The Balaban J connectivity index is -0.000000333. The first-order valence-electron chi connectivity index (χ1n) is 2.74. The van der Waals surface area contributed by atoms with Gasteiger partial charge in [-0.2, -0.15) is 0 Å². The van der Waals surface area contributed by atoms with E-state index in [-0.39, 0.29) is 25.9 Å². The molecule has 0 saturated carbocycles. The number of hydrogen-bond donors (Lipinski definition) is 0. The van der Waals surface area contributed by atoms with Crippen LogP contribution in [-0.2, 0) is 5.88 Å². The van der Waals surface area contributed by atoms with Crippen LogP contribution in [0.4, 0.5) is 0 Å². The van der Waals surface area contributed by atoms with Crippen molar-refractivity contribution in [2.24, 2.45) is 0 Å². The molecule has 0 bridgehead atoms. The standard InChI is InChI=1S/C7H5Cl3.Mg.2H/c8-4-5-3-6(9)1-2-7(5)10;;;/h1-3H,4H2;;;/q;+2;2*-1. The van der Waals surface area contributed by atoms with E-state index in [9.17, 15) is 0 Å². The van der Waals surface area contributed by atoms with E-state index in [0.717, 1.165) is 5.56 Å². The Bertz CT molecular complexity index is 245. The van der Waals surface area contributed by atoms with Crippen molar-refractivity contribution in [3.63, 3.8) is 0 Å². The van der Waals surface area contributed by atoms with Crippen molar-refractivity contribution in [2.75, 3.05) is 0 Å². The maximum Gasteiger partial charge on any atom is 2.00 e. The SMILES string of the molecule is ClCc1cc(Cl)ccc1Cl.[H-].[H-].[Mg+2]. The molecule has 0 aliphatic heterocycles. The van der Waals surface area contributed by atoms with Crippen LogP contribution in [0, 0.1) is 0 Å². The van der Waals surface area contributed by atoms with E-state index in [1.807, 2.05) is 0 Å². The van der Waals surface area contributed by atoms with Crippen molar-refractivity contribution in [1.82, 2.24) is 0 Å². The molecular weight excluding hydrogens is 215 g/mol. The smallest absolute Gasteiger partial charge is 1.00 e. The van der Waals surface area contributed by atoms with E-state index in [2.05, 4.69) is 0 Å². The molecule has 0 aliphatic carbocycles. The van der Waals surface area contributed by atoms with Crippen LogP contribution in [0.25, 0.3) is 0 Å². The van der Waals surface area contributed by atoms with Gasteiger partial charge in [0.15, 0.2) is 0 Å². The molecule has 0 heterocycles. The molecular formula is C7H7Cl3Mg. The van der Waals surface area contributed by atoms with Gasteiger partial charge in [-0.1, -0.05) is 23.2 Å². The average Bonchev–Trinajstić information content (AvgIpc) is 1.94. The van der Waals surface area contributed by atoms with Crippen LogP contribution in [0.5, 0.6) is 0 Å². The van der Waals surface area contributed by atoms with Gasteiger partial charge in [-0.3, -0.25) is 0 Å². The topological polar surface area (TPSA) is 0 Å². The summed E-state index contributed by atoms with van der Waals surface area (Å²) in [7, 11) is 0. The first-order chi connectivity index (χ1) is 4.74. The summed E-state index contributed by atoms with van der Waals surface area (Å²) in [5, 5.41) is 1.33. The normalized spacial score (nSPS) is 9.00. The minimum atomic E-state index is 0. The molecule has 0 atom stereocenters. The summed E-state index contributed by atoms with van der Waals surface area (Å²) in [6.45, 7) is 0. The maximum atomic E-state index is 5.75. The van der Waals surface area contributed by atoms with E-state index >= 15 is 0 Å². The largest absolute Gasteiger partial charge is 2.00 e. The fraction of sp³-hybridized carbons (Fsp3) is 0.143. The molecule has 1 aromatic carbocycles. The van der Waals surface area contributed by atoms with E-state index in [1.165, 1.54) is 0 Å². The molecule has 4 heteroatoms. The number of benzene rings is 1. The van der Waals surface area contributed by atoms with E-state index in [4.69, 9.17) is 34.8 Å². The van der Waals surface area contributed by atoms with Crippen molar-refractivity contribution in [1.29, 1.82) is 0 Å². The Morgan fingerprint density at radius 3 is 2.36 bits per heavy atom. The summed E-state index contributed by atoms with van der Waals surface area (Å²) in [5.41, 5.74) is 0.871. The summed E-state index contributed by atoms with van der Waals surface area (Å²) < 4.78 is 0. The molecule has 58 valence electrons. The summed E-state index contributed by atoms with van der Waals surface area (Å²) in [4.78, 5) is 0. The van der Waals surface area contributed by atoms with Gasteiger partial charge in [-0.05, 0) is 23.8 Å². The zero-order valence-electron chi connectivity index (χ0n) is 7.78. The maximum absolute atomic E-state index is 5.75. The van der Waals surface area contributed by atoms with Gasteiger partial charge in [0.2, 0.25) is 0 Å². The van der Waals surface area contributed by atoms with Crippen molar-refractivity contribution in [2.45, 2.75) is 5.88 Å². The number of hydrogen-bond acceptors (Lipinski definition) is 0. The molecule has 1 aromatic rings. The van der Waals surface area contributed by atoms with Crippen LogP contribution in [0.15, 0.2) is 18.2 Å². The van der Waals surface area contributed by atoms with Crippen LogP contribution in [-0.4, -0.2) is 23.1 Å². The number of halogens is 3. The van der Waals surface area contributed by atoms with E-state index in [0.29, 0.717) is 15.9 Å². The molecule has 0 aliphatic rings. The van der Waals surface area contributed by atoms with Crippen LogP contribution in [0.3, 0.4) is 0 Å². The van der Waals surface area contributed by atoms with E-state index < -0.39 is 0 Å². The molecule has 0 fully saturated rings. The first-order valence-corrected chi connectivity index (χ1v) is 4.03. The predicted octanol–water partition coefficient (Wildman–Crippen LogP) is 3.58. The van der Waals surface area contributed by atoms with Crippen LogP contribution >= 0.6 is 34.8 Å². The Morgan fingerprint density at radius 1 is 1.27 bits per heavy atom. The van der Waals surface area contributed by atoms with Crippen molar-refractivity contribution < 1.29 is 2.85 Å². The van der Waals surface area contributed by atoms with Gasteiger partial charge >= 0.3 is 23.1 Å². The van der Waals surface area contributed by atoms with Gasteiger partial charge in [0, 0.05) is 15.9 Å². The van der Waals surface area contributed by atoms with Gasteiger partial charge in [-0.25, -0.2) is 0 Å². The van der Waals surface area contributed by atoms with Gasteiger partial charge in [0.05, 0.1) is 0 Å². The third kappa shape index (κ3) is 3.39. The Hall–Kier alpha value is 0.856. The molecule has 0 amide bonds. The molecule has 1 rings (SSSR count). The van der Waals surface area contributed by atoms with Gasteiger partial charge in [0.1, 0.15) is 0 Å². The van der Waals surface area contributed by atoms with Crippen LogP contribution < -0.4 is 0 Å². The Labute approximate surface area is 99.9 Å². The average molecular weight is 222 g/mol. The molecule has 0 aromatic heterocycles. The quantitative estimate of drug-likeness (QED) is 0.503. The van der Waals surface area contributed by atoms with E-state index in [1.54, 1.807) is 18.2 Å². The summed E-state index contributed by atoms with van der Waals surface area (Å²) in [6, 6.07) is 5.23. The Morgan fingerprint density at radius 2 is 1.91 bits per heavy atom. The summed E-state index contributed by atoms with van der Waals surface area (Å²) in [5.74, 6) is 0.402. The molecule has 11 heavy (non-hydrogen) atoms. The zero-order chi connectivity index (χ0) is 7.56. The Kier molecular flexibility index (Phi) is 5.92. The van der Waals surface area contributed by atoms with Gasteiger partial charge in [-0.15, -0.1) is 11.6 Å². The third-order valence-corrected chi connectivity index (χ3v) is 2.04. The monoisotopic (exact) mass is 220 g/mol. The molecule has 0 unspecified atom stereocenters.